The maximum atomic E-state index is 5.53. The van der Waals surface area contributed by atoms with Crippen LogP contribution in [0.4, 0.5) is 0 Å². The van der Waals surface area contributed by atoms with E-state index in [1.54, 1.807) is 6.26 Å². The number of hydrogen-bond donors (Lipinski definition) is 2. The van der Waals surface area contributed by atoms with Crippen LogP contribution in [0.15, 0.2) is 27.8 Å². The lowest BCUT2D eigenvalue weighted by atomic mass is 10.1. The smallest absolute Gasteiger partial charge is 0.193 e. The summed E-state index contributed by atoms with van der Waals surface area (Å²) in [6, 6.07) is 4.57. The number of guanidine groups is 1. The number of furan rings is 1. The number of hydrogen-bond acceptors (Lipinski definition) is 5. The van der Waals surface area contributed by atoms with Gasteiger partial charge >= 0.3 is 0 Å². The average Bonchev–Trinajstić information content (AvgIpc) is 3.06. The molecule has 0 amide bonds. The second-order valence-corrected chi connectivity index (χ2v) is 5.05. The van der Waals surface area contributed by atoms with Crippen molar-refractivity contribution in [1.82, 2.24) is 15.5 Å². The van der Waals surface area contributed by atoms with Crippen LogP contribution in [-0.2, 0) is 0 Å². The number of aliphatic imine (C=N–C) groups is 1. The zero-order valence-corrected chi connectivity index (χ0v) is 12.0. The molecule has 0 aliphatic carbocycles. The van der Waals surface area contributed by atoms with Gasteiger partial charge in [0.1, 0.15) is 5.76 Å². The molecule has 0 aromatic carbocycles. The molecular formula is C14H24N4O. The highest BCUT2D eigenvalue weighted by molar-refractivity contribution is 5.81. The fourth-order valence-electron chi connectivity index (χ4n) is 2.11. The van der Waals surface area contributed by atoms with Gasteiger partial charge in [0.25, 0.3) is 0 Å². The van der Waals surface area contributed by atoms with Crippen molar-refractivity contribution in [3.05, 3.63) is 24.2 Å². The zero-order valence-electron chi connectivity index (χ0n) is 12.0. The topological polar surface area (TPSA) is 52.8 Å². The van der Waals surface area contributed by atoms with Crippen LogP contribution in [0.2, 0.25) is 0 Å². The Morgan fingerprint density at radius 1 is 1.53 bits per heavy atom. The lowest BCUT2D eigenvalue weighted by molar-refractivity contribution is 0.370. The highest BCUT2D eigenvalue weighted by Crippen LogP contribution is 2.14. The van der Waals surface area contributed by atoms with Crippen molar-refractivity contribution in [3.63, 3.8) is 0 Å². The second kappa shape index (κ2) is 6.61. The highest BCUT2D eigenvalue weighted by atomic mass is 16.3. The van der Waals surface area contributed by atoms with Crippen LogP contribution in [0.25, 0.3) is 0 Å². The second-order valence-electron chi connectivity index (χ2n) is 5.05. The van der Waals surface area contributed by atoms with E-state index in [1.165, 1.54) is 0 Å². The van der Waals surface area contributed by atoms with Crippen LogP contribution in [0.5, 0.6) is 0 Å². The summed E-state index contributed by atoms with van der Waals surface area (Å²) in [5, 5.41) is 6.98. The van der Waals surface area contributed by atoms with E-state index in [1.807, 2.05) is 12.1 Å². The van der Waals surface area contributed by atoms with E-state index >= 15 is 0 Å². The molecule has 2 atom stereocenters. The van der Waals surface area contributed by atoms with Gasteiger partial charge in [-0.25, -0.2) is 0 Å². The number of nitrogens with zero attached hydrogens (tertiary/aromatic N) is 2. The SMILES string of the molecule is CCC(C)NC(CNC1=NCCN1C)c1ccco1. The monoisotopic (exact) mass is 264 g/mol. The average molecular weight is 264 g/mol. The molecule has 106 valence electrons. The van der Waals surface area contributed by atoms with E-state index in [4.69, 9.17) is 4.42 Å². The highest BCUT2D eigenvalue weighted by Gasteiger charge is 2.19. The van der Waals surface area contributed by atoms with Gasteiger partial charge in [0.05, 0.1) is 18.8 Å². The molecular weight excluding hydrogens is 240 g/mol. The molecule has 0 bridgehead atoms. The fraction of sp³-hybridized carbons (Fsp3) is 0.643. The predicted octanol–water partition coefficient (Wildman–Crippen LogP) is 1.60. The Balaban J connectivity index is 1.94. The third-order valence-corrected chi connectivity index (χ3v) is 3.51. The summed E-state index contributed by atoms with van der Waals surface area (Å²) >= 11 is 0. The minimum absolute atomic E-state index is 0.168. The minimum Gasteiger partial charge on any atom is -0.468 e. The summed E-state index contributed by atoms with van der Waals surface area (Å²) < 4.78 is 5.53. The Morgan fingerprint density at radius 2 is 2.37 bits per heavy atom. The van der Waals surface area contributed by atoms with Gasteiger partial charge in [-0.1, -0.05) is 6.92 Å². The van der Waals surface area contributed by atoms with Gasteiger partial charge < -0.3 is 20.0 Å². The summed E-state index contributed by atoms with van der Waals surface area (Å²) in [6.07, 6.45) is 2.82. The summed E-state index contributed by atoms with van der Waals surface area (Å²) in [4.78, 5) is 6.58. The maximum absolute atomic E-state index is 5.53. The first-order valence-electron chi connectivity index (χ1n) is 6.99. The van der Waals surface area contributed by atoms with Crippen molar-refractivity contribution < 1.29 is 4.42 Å². The first-order chi connectivity index (χ1) is 9.20. The molecule has 1 aromatic rings. The normalized spacial score (nSPS) is 18.3. The van der Waals surface area contributed by atoms with Crippen molar-refractivity contribution in [2.75, 3.05) is 26.7 Å². The molecule has 0 spiro atoms. The Labute approximate surface area is 115 Å². The molecule has 0 radical (unpaired) electrons. The molecule has 1 aromatic heterocycles. The van der Waals surface area contributed by atoms with Gasteiger partial charge in [0.15, 0.2) is 5.96 Å². The van der Waals surface area contributed by atoms with Crippen LogP contribution in [0, 0.1) is 0 Å². The van der Waals surface area contributed by atoms with E-state index in [9.17, 15) is 0 Å². The van der Waals surface area contributed by atoms with E-state index in [0.717, 1.165) is 37.8 Å². The van der Waals surface area contributed by atoms with E-state index in [0.29, 0.717) is 6.04 Å². The first kappa shape index (κ1) is 13.9. The molecule has 1 aliphatic heterocycles. The number of nitrogens with one attached hydrogen (secondary N) is 2. The Kier molecular flexibility index (Phi) is 4.85. The first-order valence-corrected chi connectivity index (χ1v) is 6.99. The zero-order chi connectivity index (χ0) is 13.7. The van der Waals surface area contributed by atoms with Gasteiger partial charge in [-0.05, 0) is 25.5 Å². The quantitative estimate of drug-likeness (QED) is 0.819. The largest absolute Gasteiger partial charge is 0.468 e. The van der Waals surface area contributed by atoms with E-state index in [2.05, 4.69) is 41.4 Å². The third kappa shape index (κ3) is 3.73. The summed E-state index contributed by atoms with van der Waals surface area (Å²) in [5.41, 5.74) is 0. The van der Waals surface area contributed by atoms with E-state index in [-0.39, 0.29) is 6.04 Å². The van der Waals surface area contributed by atoms with Crippen molar-refractivity contribution >= 4 is 5.96 Å². The molecule has 5 heteroatoms. The van der Waals surface area contributed by atoms with Crippen LogP contribution < -0.4 is 10.6 Å². The standard InChI is InChI=1S/C14H24N4O/c1-4-11(2)17-12(13-6-5-9-19-13)10-16-14-15-7-8-18(14)3/h5-6,9,11-12,17H,4,7-8,10H2,1-3H3,(H,15,16). The van der Waals surface area contributed by atoms with Crippen molar-refractivity contribution in [2.45, 2.75) is 32.4 Å². The molecule has 0 saturated carbocycles. The third-order valence-electron chi connectivity index (χ3n) is 3.51. The summed E-state index contributed by atoms with van der Waals surface area (Å²) in [5.74, 6) is 1.94. The Bertz CT molecular complexity index is 402. The van der Waals surface area contributed by atoms with Gasteiger partial charge in [0.2, 0.25) is 0 Å². The fourth-order valence-corrected chi connectivity index (χ4v) is 2.11. The van der Waals surface area contributed by atoms with E-state index < -0.39 is 0 Å². The molecule has 2 unspecified atom stereocenters. The molecule has 2 rings (SSSR count). The Morgan fingerprint density at radius 3 is 2.95 bits per heavy atom. The Hall–Kier alpha value is -1.49. The lowest BCUT2D eigenvalue weighted by Gasteiger charge is -2.23. The van der Waals surface area contributed by atoms with Crippen LogP contribution >= 0.6 is 0 Å². The van der Waals surface area contributed by atoms with Crippen LogP contribution in [-0.4, -0.2) is 43.6 Å². The maximum Gasteiger partial charge on any atom is 0.193 e. The predicted molar refractivity (Wildman–Crippen MR) is 77.3 cm³/mol. The van der Waals surface area contributed by atoms with Gasteiger partial charge in [-0.15, -0.1) is 0 Å². The minimum atomic E-state index is 0.168. The summed E-state index contributed by atoms with van der Waals surface area (Å²) in [6.45, 7) is 7.02. The lowest BCUT2D eigenvalue weighted by Crippen LogP contribution is -2.42. The van der Waals surface area contributed by atoms with Gasteiger partial charge in [-0.3, -0.25) is 4.99 Å². The molecule has 2 heterocycles. The molecule has 5 nitrogen and oxygen atoms in total. The summed E-state index contributed by atoms with van der Waals surface area (Å²) in [7, 11) is 2.06. The molecule has 0 fully saturated rings. The van der Waals surface area contributed by atoms with Crippen LogP contribution in [0.1, 0.15) is 32.1 Å². The van der Waals surface area contributed by atoms with Gasteiger partial charge in [-0.2, -0.15) is 0 Å². The van der Waals surface area contributed by atoms with Gasteiger partial charge in [0, 0.05) is 26.2 Å². The number of likely N-dealkylation sites (N-methyl/N-ethyl adjacent to an activating group) is 1. The van der Waals surface area contributed by atoms with Crippen LogP contribution in [0.3, 0.4) is 0 Å². The van der Waals surface area contributed by atoms with Crippen molar-refractivity contribution in [2.24, 2.45) is 4.99 Å². The molecule has 2 N–H and O–H groups in total. The molecule has 19 heavy (non-hydrogen) atoms. The molecule has 1 aliphatic rings. The van der Waals surface area contributed by atoms with Crippen molar-refractivity contribution in [3.8, 4) is 0 Å². The number of rotatable bonds is 6. The van der Waals surface area contributed by atoms with Crippen molar-refractivity contribution in [1.29, 1.82) is 0 Å². The molecule has 0 saturated heterocycles.